The first-order valence-corrected chi connectivity index (χ1v) is 5.60. The molecular formula is C12H15BrO2. The molecule has 0 saturated carbocycles. The zero-order valence-corrected chi connectivity index (χ0v) is 10.8. The molecule has 0 bridgehead atoms. The molecule has 0 radical (unpaired) electrons. The molecule has 15 heavy (non-hydrogen) atoms. The van der Waals surface area contributed by atoms with Crippen LogP contribution in [-0.4, -0.2) is 11.1 Å². The van der Waals surface area contributed by atoms with Crippen LogP contribution in [-0.2, 0) is 10.2 Å². The van der Waals surface area contributed by atoms with Gasteiger partial charge < -0.3 is 5.11 Å². The van der Waals surface area contributed by atoms with Crippen molar-refractivity contribution in [2.24, 2.45) is 0 Å². The molecule has 82 valence electrons. The Balaban J connectivity index is 3.13. The minimum Gasteiger partial charge on any atom is -0.481 e. The van der Waals surface area contributed by atoms with Gasteiger partial charge >= 0.3 is 5.97 Å². The summed E-state index contributed by atoms with van der Waals surface area (Å²) in [5.74, 6) is -0.764. The third kappa shape index (κ3) is 3.06. The van der Waals surface area contributed by atoms with E-state index < -0.39 is 5.97 Å². The van der Waals surface area contributed by atoms with E-state index in [0.29, 0.717) is 0 Å². The van der Waals surface area contributed by atoms with E-state index in [1.54, 1.807) is 0 Å². The van der Waals surface area contributed by atoms with Gasteiger partial charge in [0.1, 0.15) is 0 Å². The van der Waals surface area contributed by atoms with Crippen LogP contribution in [0, 0.1) is 6.92 Å². The Morgan fingerprint density at radius 1 is 1.47 bits per heavy atom. The molecule has 1 N–H and O–H groups in total. The summed E-state index contributed by atoms with van der Waals surface area (Å²) in [6, 6.07) is 5.97. The summed E-state index contributed by atoms with van der Waals surface area (Å²) in [4.78, 5) is 10.8. The highest BCUT2D eigenvalue weighted by atomic mass is 79.9. The summed E-state index contributed by atoms with van der Waals surface area (Å²) in [6.07, 6.45) is 0.143. The fourth-order valence-electron chi connectivity index (χ4n) is 1.80. The summed E-state index contributed by atoms with van der Waals surface area (Å²) in [5.41, 5.74) is 1.88. The van der Waals surface area contributed by atoms with Gasteiger partial charge in [0.25, 0.3) is 0 Å². The summed E-state index contributed by atoms with van der Waals surface area (Å²) in [7, 11) is 0. The van der Waals surface area contributed by atoms with Crippen LogP contribution >= 0.6 is 15.9 Å². The monoisotopic (exact) mass is 270 g/mol. The van der Waals surface area contributed by atoms with Crippen molar-refractivity contribution >= 4 is 21.9 Å². The number of carboxylic acids is 1. The normalized spacial score (nSPS) is 11.5. The average molecular weight is 271 g/mol. The fraction of sp³-hybridized carbons (Fsp3) is 0.417. The topological polar surface area (TPSA) is 37.3 Å². The van der Waals surface area contributed by atoms with Crippen LogP contribution in [0.4, 0.5) is 0 Å². The van der Waals surface area contributed by atoms with E-state index in [-0.39, 0.29) is 11.8 Å². The Hall–Kier alpha value is -0.830. The fourth-order valence-corrected chi connectivity index (χ4v) is 2.16. The lowest BCUT2D eigenvalue weighted by Gasteiger charge is -2.25. The minimum absolute atomic E-state index is 0.143. The van der Waals surface area contributed by atoms with Crippen LogP contribution in [0.2, 0.25) is 0 Å². The molecule has 1 aromatic carbocycles. The van der Waals surface area contributed by atoms with Crippen molar-refractivity contribution in [2.45, 2.75) is 32.6 Å². The number of carbonyl (C=O) groups is 1. The molecule has 0 aliphatic carbocycles. The second-order valence-corrected chi connectivity index (χ2v) is 5.33. The molecule has 0 aliphatic heterocycles. The maximum atomic E-state index is 10.8. The van der Waals surface area contributed by atoms with Crippen LogP contribution in [0.3, 0.4) is 0 Å². The minimum atomic E-state index is -0.764. The van der Waals surface area contributed by atoms with Gasteiger partial charge in [-0.25, -0.2) is 0 Å². The van der Waals surface area contributed by atoms with Gasteiger partial charge in [0, 0.05) is 9.89 Å². The van der Waals surface area contributed by atoms with E-state index in [1.165, 1.54) is 0 Å². The smallest absolute Gasteiger partial charge is 0.304 e. The Labute approximate surface area is 98.4 Å². The van der Waals surface area contributed by atoms with Crippen LogP contribution in [0.15, 0.2) is 22.7 Å². The lowest BCUT2D eigenvalue weighted by atomic mass is 9.79. The molecule has 0 heterocycles. The van der Waals surface area contributed by atoms with Gasteiger partial charge in [-0.15, -0.1) is 0 Å². The van der Waals surface area contributed by atoms with E-state index in [0.717, 1.165) is 15.6 Å². The molecule has 0 atom stereocenters. The quantitative estimate of drug-likeness (QED) is 0.913. The predicted octanol–water partition coefficient (Wildman–Crippen LogP) is 3.51. The van der Waals surface area contributed by atoms with E-state index in [9.17, 15) is 4.79 Å². The molecule has 0 aromatic heterocycles. The largest absolute Gasteiger partial charge is 0.481 e. The van der Waals surface area contributed by atoms with Gasteiger partial charge in [-0.3, -0.25) is 4.79 Å². The summed E-state index contributed by atoms with van der Waals surface area (Å²) in [6.45, 7) is 5.91. The number of halogens is 1. The Bertz CT molecular complexity index is 383. The lowest BCUT2D eigenvalue weighted by molar-refractivity contribution is -0.138. The second kappa shape index (κ2) is 4.35. The second-order valence-electron chi connectivity index (χ2n) is 4.41. The lowest BCUT2D eigenvalue weighted by Crippen LogP contribution is -2.22. The highest BCUT2D eigenvalue weighted by molar-refractivity contribution is 9.10. The SMILES string of the molecule is Cc1ccc(Br)cc1C(C)(C)CC(=O)O. The van der Waals surface area contributed by atoms with Crippen molar-refractivity contribution in [3.05, 3.63) is 33.8 Å². The molecule has 0 spiro atoms. The zero-order chi connectivity index (χ0) is 11.6. The zero-order valence-electron chi connectivity index (χ0n) is 9.17. The molecule has 0 aliphatic rings. The molecule has 1 rings (SSSR count). The van der Waals surface area contributed by atoms with Gasteiger partial charge in [0.15, 0.2) is 0 Å². The molecule has 1 aromatic rings. The summed E-state index contributed by atoms with van der Waals surface area (Å²) in [5, 5.41) is 8.86. The number of rotatable bonds is 3. The van der Waals surface area contributed by atoms with Crippen molar-refractivity contribution < 1.29 is 9.90 Å². The van der Waals surface area contributed by atoms with Crippen LogP contribution in [0.25, 0.3) is 0 Å². The molecule has 0 fully saturated rings. The van der Waals surface area contributed by atoms with Crippen molar-refractivity contribution in [2.75, 3.05) is 0 Å². The van der Waals surface area contributed by atoms with Crippen LogP contribution < -0.4 is 0 Å². The van der Waals surface area contributed by atoms with E-state index >= 15 is 0 Å². The van der Waals surface area contributed by atoms with E-state index in [1.807, 2.05) is 39.0 Å². The Morgan fingerprint density at radius 3 is 2.60 bits per heavy atom. The highest BCUT2D eigenvalue weighted by Gasteiger charge is 2.25. The van der Waals surface area contributed by atoms with Crippen molar-refractivity contribution in [3.63, 3.8) is 0 Å². The number of hydrogen-bond acceptors (Lipinski definition) is 1. The number of hydrogen-bond donors (Lipinski definition) is 1. The predicted molar refractivity (Wildman–Crippen MR) is 64.2 cm³/mol. The van der Waals surface area contributed by atoms with Gasteiger partial charge in [0.05, 0.1) is 6.42 Å². The number of aryl methyl sites for hydroxylation is 1. The van der Waals surface area contributed by atoms with E-state index in [4.69, 9.17) is 5.11 Å². The number of carboxylic acid groups (broad SMARTS) is 1. The maximum absolute atomic E-state index is 10.8. The highest BCUT2D eigenvalue weighted by Crippen LogP contribution is 2.31. The molecular weight excluding hydrogens is 256 g/mol. The number of benzene rings is 1. The Kier molecular flexibility index (Phi) is 3.55. The third-order valence-electron chi connectivity index (χ3n) is 2.52. The third-order valence-corrected chi connectivity index (χ3v) is 3.02. The first-order valence-electron chi connectivity index (χ1n) is 4.81. The van der Waals surface area contributed by atoms with Gasteiger partial charge in [-0.2, -0.15) is 0 Å². The standard InChI is InChI=1S/C12H15BrO2/c1-8-4-5-9(13)6-10(8)12(2,3)7-11(14)15/h4-6H,7H2,1-3H3,(H,14,15). The first kappa shape index (κ1) is 12.2. The first-order chi connectivity index (χ1) is 6.83. The maximum Gasteiger partial charge on any atom is 0.304 e. The average Bonchev–Trinajstić information content (AvgIpc) is 2.06. The molecule has 0 unspecified atom stereocenters. The van der Waals surface area contributed by atoms with Gasteiger partial charge in [-0.1, -0.05) is 35.8 Å². The van der Waals surface area contributed by atoms with Crippen molar-refractivity contribution in [3.8, 4) is 0 Å². The van der Waals surface area contributed by atoms with Crippen molar-refractivity contribution in [1.82, 2.24) is 0 Å². The molecule has 3 heteroatoms. The molecule has 2 nitrogen and oxygen atoms in total. The van der Waals surface area contributed by atoms with Crippen molar-refractivity contribution in [1.29, 1.82) is 0 Å². The molecule has 0 saturated heterocycles. The van der Waals surface area contributed by atoms with E-state index in [2.05, 4.69) is 15.9 Å². The Morgan fingerprint density at radius 2 is 2.07 bits per heavy atom. The van der Waals surface area contributed by atoms with Gasteiger partial charge in [-0.05, 0) is 30.2 Å². The molecule has 0 amide bonds. The number of aliphatic carboxylic acids is 1. The van der Waals surface area contributed by atoms with Gasteiger partial charge in [0.2, 0.25) is 0 Å². The van der Waals surface area contributed by atoms with Crippen LogP contribution in [0.1, 0.15) is 31.4 Å². The van der Waals surface area contributed by atoms with Crippen LogP contribution in [0.5, 0.6) is 0 Å². The summed E-state index contributed by atoms with van der Waals surface area (Å²) >= 11 is 3.41. The summed E-state index contributed by atoms with van der Waals surface area (Å²) < 4.78 is 0.988.